The van der Waals surface area contributed by atoms with E-state index in [0.717, 1.165) is 41.5 Å². The minimum Gasteiger partial charge on any atom is -0.493 e. The lowest BCUT2D eigenvalue weighted by Crippen LogP contribution is -2.39. The second kappa shape index (κ2) is 8.93. The van der Waals surface area contributed by atoms with Gasteiger partial charge in [0.05, 0.1) is 14.2 Å². The molecule has 6 nitrogen and oxygen atoms in total. The summed E-state index contributed by atoms with van der Waals surface area (Å²) in [6, 6.07) is 8.57. The molecule has 0 saturated carbocycles. The molecule has 0 radical (unpaired) electrons. The van der Waals surface area contributed by atoms with Crippen LogP contribution in [0.2, 0.25) is 0 Å². The third-order valence-electron chi connectivity index (χ3n) is 5.13. The Morgan fingerprint density at radius 1 is 1.11 bits per heavy atom. The van der Waals surface area contributed by atoms with Gasteiger partial charge in [0, 0.05) is 30.9 Å². The predicted octanol–water partition coefficient (Wildman–Crippen LogP) is 4.18. The van der Waals surface area contributed by atoms with Crippen LogP contribution in [0.1, 0.15) is 43.9 Å². The summed E-state index contributed by atoms with van der Waals surface area (Å²) in [6.45, 7) is 5.98. The van der Waals surface area contributed by atoms with Gasteiger partial charge in [0.1, 0.15) is 5.82 Å². The van der Waals surface area contributed by atoms with Gasteiger partial charge in [-0.2, -0.15) is 4.98 Å². The average molecular weight is 370 g/mol. The molecular weight excluding hydrogens is 340 g/mol. The zero-order valence-corrected chi connectivity index (χ0v) is 16.8. The molecule has 1 unspecified atom stereocenters. The van der Waals surface area contributed by atoms with Crippen molar-refractivity contribution in [3.8, 4) is 11.5 Å². The largest absolute Gasteiger partial charge is 0.493 e. The fourth-order valence-corrected chi connectivity index (χ4v) is 3.68. The number of hydrogen-bond donors (Lipinski definition) is 1. The van der Waals surface area contributed by atoms with Crippen LogP contribution in [-0.4, -0.2) is 36.8 Å². The molecule has 1 N–H and O–H groups in total. The summed E-state index contributed by atoms with van der Waals surface area (Å²) in [6.07, 6.45) is 4.93. The van der Waals surface area contributed by atoms with Gasteiger partial charge in [-0.15, -0.1) is 0 Å². The number of aryl methyl sites for hydroxylation is 1. The molecule has 1 atom stereocenters. The van der Waals surface area contributed by atoms with Crippen LogP contribution in [0.15, 0.2) is 24.3 Å². The van der Waals surface area contributed by atoms with Gasteiger partial charge in [0.2, 0.25) is 5.95 Å². The van der Waals surface area contributed by atoms with E-state index in [9.17, 15) is 0 Å². The van der Waals surface area contributed by atoms with Crippen molar-refractivity contribution in [3.63, 3.8) is 0 Å². The smallest absolute Gasteiger partial charge is 0.225 e. The van der Waals surface area contributed by atoms with Crippen LogP contribution in [-0.2, 0) is 6.54 Å². The van der Waals surface area contributed by atoms with Crippen molar-refractivity contribution in [1.82, 2.24) is 9.97 Å². The highest BCUT2D eigenvalue weighted by atomic mass is 16.5. The highest BCUT2D eigenvalue weighted by Crippen LogP contribution is 2.28. The van der Waals surface area contributed by atoms with Crippen LogP contribution in [0.4, 0.5) is 11.8 Å². The molecular formula is C21H30N4O2. The lowest BCUT2D eigenvalue weighted by atomic mass is 10.00. The molecule has 0 amide bonds. The van der Waals surface area contributed by atoms with Crippen molar-refractivity contribution in [2.45, 2.75) is 52.1 Å². The van der Waals surface area contributed by atoms with E-state index in [1.165, 1.54) is 19.3 Å². The van der Waals surface area contributed by atoms with Gasteiger partial charge < -0.3 is 19.7 Å². The summed E-state index contributed by atoms with van der Waals surface area (Å²) < 4.78 is 10.7. The Bertz CT molecular complexity index is 766. The normalized spacial score (nSPS) is 16.9. The standard InChI is InChI=1S/C21H30N4O2/c1-5-17-8-6-7-11-25(17)20-12-15(2)23-21(24-20)22-14-16-9-10-18(26-3)19(13-16)27-4/h9-10,12-13,17H,5-8,11,14H2,1-4H3,(H,22,23,24). The first-order valence-corrected chi connectivity index (χ1v) is 9.71. The van der Waals surface area contributed by atoms with Gasteiger partial charge in [-0.05, 0) is 50.3 Å². The van der Waals surface area contributed by atoms with Crippen molar-refractivity contribution >= 4 is 11.8 Å². The van der Waals surface area contributed by atoms with E-state index in [1.807, 2.05) is 25.1 Å². The Kier molecular flexibility index (Phi) is 6.37. The van der Waals surface area contributed by atoms with Crippen LogP contribution in [0.3, 0.4) is 0 Å². The maximum absolute atomic E-state index is 5.38. The lowest BCUT2D eigenvalue weighted by Gasteiger charge is -2.36. The number of anilines is 2. The lowest BCUT2D eigenvalue weighted by molar-refractivity contribution is 0.354. The average Bonchev–Trinajstić information content (AvgIpc) is 2.71. The Balaban J connectivity index is 1.75. The number of piperidine rings is 1. The quantitative estimate of drug-likeness (QED) is 0.789. The molecule has 0 bridgehead atoms. The van der Waals surface area contributed by atoms with Crippen LogP contribution >= 0.6 is 0 Å². The molecule has 2 aromatic rings. The minimum absolute atomic E-state index is 0.576. The summed E-state index contributed by atoms with van der Waals surface area (Å²) in [5, 5.41) is 3.36. The van der Waals surface area contributed by atoms with Crippen LogP contribution in [0.5, 0.6) is 11.5 Å². The van der Waals surface area contributed by atoms with E-state index in [4.69, 9.17) is 14.5 Å². The zero-order valence-electron chi connectivity index (χ0n) is 16.8. The van der Waals surface area contributed by atoms with E-state index < -0.39 is 0 Å². The number of methoxy groups -OCH3 is 2. The van der Waals surface area contributed by atoms with E-state index >= 15 is 0 Å². The maximum Gasteiger partial charge on any atom is 0.225 e. The molecule has 1 fully saturated rings. The molecule has 0 spiro atoms. The Morgan fingerprint density at radius 3 is 2.67 bits per heavy atom. The van der Waals surface area contributed by atoms with Gasteiger partial charge in [-0.3, -0.25) is 0 Å². The minimum atomic E-state index is 0.576. The van der Waals surface area contributed by atoms with Gasteiger partial charge >= 0.3 is 0 Å². The third kappa shape index (κ3) is 4.62. The van der Waals surface area contributed by atoms with Crippen molar-refractivity contribution in [3.05, 3.63) is 35.5 Å². The highest BCUT2D eigenvalue weighted by molar-refractivity contribution is 5.47. The monoisotopic (exact) mass is 370 g/mol. The second-order valence-corrected chi connectivity index (χ2v) is 6.99. The highest BCUT2D eigenvalue weighted by Gasteiger charge is 2.22. The van der Waals surface area contributed by atoms with Crippen LogP contribution in [0.25, 0.3) is 0 Å². The molecule has 1 saturated heterocycles. The zero-order chi connectivity index (χ0) is 19.2. The molecule has 6 heteroatoms. The van der Waals surface area contributed by atoms with Crippen molar-refractivity contribution in [1.29, 1.82) is 0 Å². The molecule has 146 valence electrons. The Hall–Kier alpha value is -2.50. The molecule has 1 aliphatic rings. The second-order valence-electron chi connectivity index (χ2n) is 6.99. The number of aromatic nitrogens is 2. The Labute approximate surface area is 161 Å². The SMILES string of the molecule is CCC1CCCCN1c1cc(C)nc(NCc2ccc(OC)c(OC)c2)n1. The summed E-state index contributed by atoms with van der Waals surface area (Å²) >= 11 is 0. The molecule has 27 heavy (non-hydrogen) atoms. The number of nitrogens with one attached hydrogen (secondary N) is 1. The van der Waals surface area contributed by atoms with E-state index in [1.54, 1.807) is 14.2 Å². The van der Waals surface area contributed by atoms with E-state index in [2.05, 4.69) is 28.2 Å². The topological polar surface area (TPSA) is 59.5 Å². The van der Waals surface area contributed by atoms with Crippen molar-refractivity contribution in [2.75, 3.05) is 31.0 Å². The summed E-state index contributed by atoms with van der Waals surface area (Å²) in [7, 11) is 3.29. The molecule has 2 heterocycles. The fraction of sp³-hybridized carbons (Fsp3) is 0.524. The number of hydrogen-bond acceptors (Lipinski definition) is 6. The molecule has 3 rings (SSSR count). The van der Waals surface area contributed by atoms with Crippen molar-refractivity contribution < 1.29 is 9.47 Å². The first-order chi connectivity index (χ1) is 13.1. The van der Waals surface area contributed by atoms with Gasteiger partial charge in [-0.1, -0.05) is 13.0 Å². The predicted molar refractivity (Wildman–Crippen MR) is 109 cm³/mol. The van der Waals surface area contributed by atoms with E-state index in [-0.39, 0.29) is 0 Å². The van der Waals surface area contributed by atoms with Crippen LogP contribution in [0, 0.1) is 6.92 Å². The number of ether oxygens (including phenoxy) is 2. The summed E-state index contributed by atoms with van der Waals surface area (Å²) in [5.74, 6) is 3.15. The molecule has 0 aliphatic carbocycles. The number of benzene rings is 1. The van der Waals surface area contributed by atoms with E-state index in [0.29, 0.717) is 18.5 Å². The third-order valence-corrected chi connectivity index (χ3v) is 5.13. The van der Waals surface area contributed by atoms with Gasteiger partial charge in [-0.25, -0.2) is 4.98 Å². The molecule has 1 aromatic heterocycles. The van der Waals surface area contributed by atoms with Gasteiger partial charge in [0.15, 0.2) is 11.5 Å². The first-order valence-electron chi connectivity index (χ1n) is 9.71. The maximum atomic E-state index is 5.38. The molecule has 1 aromatic carbocycles. The summed E-state index contributed by atoms with van der Waals surface area (Å²) in [5.41, 5.74) is 2.07. The van der Waals surface area contributed by atoms with Crippen molar-refractivity contribution in [2.24, 2.45) is 0 Å². The number of nitrogens with zero attached hydrogens (tertiary/aromatic N) is 3. The summed E-state index contributed by atoms with van der Waals surface area (Å²) in [4.78, 5) is 11.8. The fourth-order valence-electron chi connectivity index (χ4n) is 3.68. The Morgan fingerprint density at radius 2 is 1.93 bits per heavy atom. The molecule has 1 aliphatic heterocycles. The van der Waals surface area contributed by atoms with Crippen LogP contribution < -0.4 is 19.7 Å². The van der Waals surface area contributed by atoms with Gasteiger partial charge in [0.25, 0.3) is 0 Å². The number of rotatable bonds is 7. The first kappa shape index (κ1) is 19.3.